The lowest BCUT2D eigenvalue weighted by atomic mass is 9.97. The van der Waals surface area contributed by atoms with Crippen LogP contribution < -0.4 is 0 Å². The van der Waals surface area contributed by atoms with Crippen LogP contribution in [0.15, 0.2) is 182 Å². The zero-order valence-corrected chi connectivity index (χ0v) is 28.4. The van der Waals surface area contributed by atoms with Crippen molar-refractivity contribution in [2.75, 3.05) is 0 Å². The fraction of sp³-hybridized carbons (Fsp3) is 0. The lowest BCUT2D eigenvalue weighted by molar-refractivity contribution is 1.16. The molecule has 0 aliphatic heterocycles. The molecule has 0 unspecified atom stereocenters. The van der Waals surface area contributed by atoms with Gasteiger partial charge < -0.3 is 9.13 Å². The van der Waals surface area contributed by atoms with Gasteiger partial charge in [0.05, 0.1) is 27.8 Å². The molecule has 0 fully saturated rings. The number of rotatable bonds is 4. The smallest absolute Gasteiger partial charge is 0.0633 e. The zero-order chi connectivity index (χ0) is 33.5. The lowest BCUT2D eigenvalue weighted by Crippen LogP contribution is -2.00. The molecule has 0 amide bonds. The SMILES string of the molecule is c1ccc(-c2ccc(-c3ccc4sc5ccccc5c4c3-n3c4ccccc4c4ccc(-n5c6ccccc6c6ccccc65)cc43)cc2)cc1. The number of aromatic nitrogens is 2. The summed E-state index contributed by atoms with van der Waals surface area (Å²) in [6, 6.07) is 66.7. The van der Waals surface area contributed by atoms with Gasteiger partial charge in [0.1, 0.15) is 0 Å². The van der Waals surface area contributed by atoms with Gasteiger partial charge in [-0.25, -0.2) is 0 Å². The molecule has 238 valence electrons. The Labute approximate surface area is 298 Å². The number of hydrogen-bond donors (Lipinski definition) is 0. The predicted molar refractivity (Wildman–Crippen MR) is 219 cm³/mol. The fourth-order valence-corrected chi connectivity index (χ4v) is 9.38. The Morgan fingerprint density at radius 2 is 0.863 bits per heavy atom. The minimum Gasteiger partial charge on any atom is -0.309 e. The van der Waals surface area contributed by atoms with Crippen LogP contribution >= 0.6 is 11.3 Å². The standard InChI is InChI=1S/C48H30N2S/c1-2-12-31(13-3-1)32-22-24-33(25-23-32)35-28-29-46-47(40-17-7-11-21-45(40)51-46)48(35)50-43-20-10-6-16-38(43)39-27-26-34(30-44(39)50)49-41-18-8-4-14-36(41)37-15-5-9-19-42(37)49/h1-30H. The summed E-state index contributed by atoms with van der Waals surface area (Å²) in [5, 5.41) is 7.62. The van der Waals surface area contributed by atoms with Crippen LogP contribution in [0, 0.1) is 0 Å². The van der Waals surface area contributed by atoms with Crippen molar-refractivity contribution in [2.45, 2.75) is 0 Å². The number of nitrogens with zero attached hydrogens (tertiary/aromatic N) is 2. The first-order chi connectivity index (χ1) is 25.3. The Morgan fingerprint density at radius 1 is 0.333 bits per heavy atom. The highest BCUT2D eigenvalue weighted by molar-refractivity contribution is 7.25. The molecule has 11 rings (SSSR count). The van der Waals surface area contributed by atoms with Gasteiger partial charge >= 0.3 is 0 Å². The summed E-state index contributed by atoms with van der Waals surface area (Å²) in [5.41, 5.74) is 12.1. The van der Waals surface area contributed by atoms with E-state index >= 15 is 0 Å². The van der Waals surface area contributed by atoms with Gasteiger partial charge in [-0.15, -0.1) is 11.3 Å². The first kappa shape index (κ1) is 28.4. The minimum atomic E-state index is 1.15. The second kappa shape index (κ2) is 11.0. The fourth-order valence-electron chi connectivity index (χ4n) is 8.28. The van der Waals surface area contributed by atoms with Crippen LogP contribution in [0.4, 0.5) is 0 Å². The van der Waals surface area contributed by atoms with Crippen molar-refractivity contribution in [3.63, 3.8) is 0 Å². The van der Waals surface area contributed by atoms with Crippen molar-refractivity contribution in [2.24, 2.45) is 0 Å². The van der Waals surface area contributed by atoms with Crippen molar-refractivity contribution in [1.82, 2.24) is 9.13 Å². The van der Waals surface area contributed by atoms with E-state index in [4.69, 9.17) is 0 Å². The van der Waals surface area contributed by atoms with Crippen molar-refractivity contribution in [3.8, 4) is 33.6 Å². The molecular formula is C48H30N2S. The summed E-state index contributed by atoms with van der Waals surface area (Å²) in [6.07, 6.45) is 0. The predicted octanol–water partition coefficient (Wildman–Crippen LogP) is 13.6. The molecule has 0 spiro atoms. The Balaban J connectivity index is 1.25. The molecule has 0 saturated heterocycles. The maximum absolute atomic E-state index is 2.55. The molecule has 0 bridgehead atoms. The lowest BCUT2D eigenvalue weighted by Gasteiger charge is -2.17. The molecular weight excluding hydrogens is 637 g/mol. The van der Waals surface area contributed by atoms with Crippen molar-refractivity contribution < 1.29 is 0 Å². The van der Waals surface area contributed by atoms with Crippen LogP contribution in [0.5, 0.6) is 0 Å². The van der Waals surface area contributed by atoms with E-state index in [0.29, 0.717) is 0 Å². The quantitative estimate of drug-likeness (QED) is 0.177. The average molecular weight is 667 g/mol. The van der Waals surface area contributed by atoms with E-state index in [9.17, 15) is 0 Å². The first-order valence-electron chi connectivity index (χ1n) is 17.4. The number of hydrogen-bond acceptors (Lipinski definition) is 1. The van der Waals surface area contributed by atoms with E-state index in [0.717, 1.165) is 5.69 Å². The molecule has 3 heteroatoms. The maximum Gasteiger partial charge on any atom is 0.0633 e. The molecule has 3 aromatic heterocycles. The molecule has 0 radical (unpaired) electrons. The first-order valence-corrected chi connectivity index (χ1v) is 18.3. The molecule has 0 atom stereocenters. The van der Waals surface area contributed by atoms with Crippen LogP contribution in [-0.2, 0) is 0 Å². The second-order valence-electron chi connectivity index (χ2n) is 13.3. The van der Waals surface area contributed by atoms with Gasteiger partial charge in [-0.3, -0.25) is 0 Å². The second-order valence-corrected chi connectivity index (χ2v) is 14.4. The van der Waals surface area contributed by atoms with Crippen molar-refractivity contribution in [1.29, 1.82) is 0 Å². The third-order valence-electron chi connectivity index (χ3n) is 10.5. The highest BCUT2D eigenvalue weighted by Crippen LogP contribution is 2.46. The van der Waals surface area contributed by atoms with E-state index in [1.807, 2.05) is 11.3 Å². The monoisotopic (exact) mass is 666 g/mol. The van der Waals surface area contributed by atoms with E-state index in [-0.39, 0.29) is 0 Å². The normalized spacial score (nSPS) is 11.9. The Morgan fingerprint density at radius 3 is 1.55 bits per heavy atom. The topological polar surface area (TPSA) is 9.86 Å². The zero-order valence-electron chi connectivity index (χ0n) is 27.6. The number of thiophene rings is 1. The van der Waals surface area contributed by atoms with Gasteiger partial charge in [0, 0.05) is 53.0 Å². The van der Waals surface area contributed by atoms with Gasteiger partial charge in [-0.05, 0) is 59.2 Å². The highest BCUT2D eigenvalue weighted by Gasteiger charge is 2.22. The molecule has 11 aromatic rings. The van der Waals surface area contributed by atoms with Crippen LogP contribution in [0.25, 0.3) is 97.4 Å². The van der Waals surface area contributed by atoms with E-state index in [1.54, 1.807) is 0 Å². The minimum absolute atomic E-state index is 1.15. The molecule has 0 aliphatic carbocycles. The van der Waals surface area contributed by atoms with E-state index in [2.05, 4.69) is 191 Å². The number of benzene rings is 8. The third-order valence-corrected chi connectivity index (χ3v) is 11.7. The Hall–Kier alpha value is -6.42. The van der Waals surface area contributed by atoms with Gasteiger partial charge in [-0.2, -0.15) is 0 Å². The van der Waals surface area contributed by atoms with Gasteiger partial charge in [0.25, 0.3) is 0 Å². The summed E-state index contributed by atoms with van der Waals surface area (Å²) in [5.74, 6) is 0. The van der Waals surface area contributed by atoms with E-state index in [1.165, 1.54) is 91.7 Å². The summed E-state index contributed by atoms with van der Waals surface area (Å²) >= 11 is 1.87. The Bertz CT molecular complexity index is 3070. The average Bonchev–Trinajstić information content (AvgIpc) is 3.85. The molecule has 51 heavy (non-hydrogen) atoms. The third kappa shape index (κ3) is 4.22. The summed E-state index contributed by atoms with van der Waals surface area (Å²) < 4.78 is 7.57. The van der Waals surface area contributed by atoms with Crippen molar-refractivity contribution >= 4 is 75.1 Å². The van der Waals surface area contributed by atoms with Crippen LogP contribution in [0.2, 0.25) is 0 Å². The van der Waals surface area contributed by atoms with Crippen LogP contribution in [-0.4, -0.2) is 9.13 Å². The van der Waals surface area contributed by atoms with Gasteiger partial charge in [0.2, 0.25) is 0 Å². The molecule has 0 saturated carbocycles. The Kier molecular flexibility index (Phi) is 6.16. The van der Waals surface area contributed by atoms with Gasteiger partial charge in [0.15, 0.2) is 0 Å². The summed E-state index contributed by atoms with van der Waals surface area (Å²) in [4.78, 5) is 0. The van der Waals surface area contributed by atoms with Crippen LogP contribution in [0.1, 0.15) is 0 Å². The molecule has 8 aromatic carbocycles. The highest BCUT2D eigenvalue weighted by atomic mass is 32.1. The summed E-state index contributed by atoms with van der Waals surface area (Å²) in [6.45, 7) is 0. The number of para-hydroxylation sites is 3. The summed E-state index contributed by atoms with van der Waals surface area (Å²) in [7, 11) is 0. The number of fused-ring (bicyclic) bond motifs is 9. The van der Waals surface area contributed by atoms with Crippen molar-refractivity contribution in [3.05, 3.63) is 182 Å². The van der Waals surface area contributed by atoms with E-state index < -0.39 is 0 Å². The molecule has 0 N–H and O–H groups in total. The maximum atomic E-state index is 2.55. The van der Waals surface area contributed by atoms with Crippen LogP contribution in [0.3, 0.4) is 0 Å². The molecule has 3 heterocycles. The largest absolute Gasteiger partial charge is 0.309 e. The molecule has 2 nitrogen and oxygen atoms in total. The molecule has 0 aliphatic rings. The van der Waals surface area contributed by atoms with Gasteiger partial charge in [-0.1, -0.05) is 140 Å².